The minimum Gasteiger partial charge on any atom is -0.489 e. The van der Waals surface area contributed by atoms with Gasteiger partial charge in [-0.05, 0) is 62.1 Å². The molecule has 1 aliphatic heterocycles. The van der Waals surface area contributed by atoms with Crippen LogP contribution in [0, 0.1) is 13.8 Å². The highest BCUT2D eigenvalue weighted by atomic mass is 16.5. The first kappa shape index (κ1) is 22.6. The second kappa shape index (κ2) is 10.3. The number of ether oxygens (including phenoxy) is 2. The summed E-state index contributed by atoms with van der Waals surface area (Å²) in [7, 11) is 0. The maximum absolute atomic E-state index is 12.4. The molecule has 0 spiro atoms. The molecule has 1 aliphatic rings. The fourth-order valence-corrected chi connectivity index (χ4v) is 3.79. The average molecular weight is 449 g/mol. The smallest absolute Gasteiger partial charge is 0.310 e. The molecule has 1 aromatic heterocycles. The van der Waals surface area contributed by atoms with Crippen molar-refractivity contribution in [2.24, 2.45) is 0 Å². The number of aromatic nitrogens is 1. The van der Waals surface area contributed by atoms with E-state index in [9.17, 15) is 9.59 Å². The molecule has 0 unspecified atom stereocenters. The summed E-state index contributed by atoms with van der Waals surface area (Å²) in [6, 6.07) is 14.6. The molecule has 4 rings (SSSR count). The molecule has 0 bridgehead atoms. The third kappa shape index (κ3) is 5.80. The molecule has 33 heavy (non-hydrogen) atoms. The minimum atomic E-state index is -0.309. The number of benzene rings is 2. The van der Waals surface area contributed by atoms with E-state index < -0.39 is 0 Å². The van der Waals surface area contributed by atoms with Crippen molar-refractivity contribution in [3.05, 3.63) is 82.2 Å². The zero-order valence-corrected chi connectivity index (χ0v) is 19.0. The summed E-state index contributed by atoms with van der Waals surface area (Å²) in [5.74, 6) is 1.21. The number of amides is 1. The van der Waals surface area contributed by atoms with E-state index in [-0.39, 0.29) is 24.9 Å². The van der Waals surface area contributed by atoms with Crippen LogP contribution in [0.4, 0.5) is 0 Å². The number of hydrogen-bond donors (Lipinski definition) is 0. The van der Waals surface area contributed by atoms with E-state index in [0.29, 0.717) is 17.9 Å². The molecular weight excluding hydrogens is 420 g/mol. The summed E-state index contributed by atoms with van der Waals surface area (Å²) in [4.78, 5) is 26.5. The van der Waals surface area contributed by atoms with E-state index in [1.54, 1.807) is 12.1 Å². The zero-order valence-electron chi connectivity index (χ0n) is 19.0. The van der Waals surface area contributed by atoms with Gasteiger partial charge in [0, 0.05) is 18.7 Å². The summed E-state index contributed by atoms with van der Waals surface area (Å²) in [6.07, 6.45) is 2.31. The molecular formula is C26H28N2O5. The Morgan fingerprint density at radius 2 is 1.61 bits per heavy atom. The van der Waals surface area contributed by atoms with E-state index in [0.717, 1.165) is 54.1 Å². The fourth-order valence-electron chi connectivity index (χ4n) is 3.79. The van der Waals surface area contributed by atoms with Crippen LogP contribution in [0.2, 0.25) is 0 Å². The normalized spacial score (nSPS) is 13.2. The van der Waals surface area contributed by atoms with Gasteiger partial charge in [-0.15, -0.1) is 0 Å². The van der Waals surface area contributed by atoms with E-state index in [2.05, 4.69) is 5.16 Å². The van der Waals surface area contributed by atoms with Crippen LogP contribution >= 0.6 is 0 Å². The van der Waals surface area contributed by atoms with Crippen molar-refractivity contribution in [3.63, 3.8) is 0 Å². The number of rotatable bonds is 8. The molecule has 0 radical (unpaired) electrons. The molecule has 0 atom stereocenters. The summed E-state index contributed by atoms with van der Waals surface area (Å²) in [5, 5.41) is 3.92. The van der Waals surface area contributed by atoms with E-state index in [1.807, 2.05) is 55.1 Å². The van der Waals surface area contributed by atoms with Gasteiger partial charge in [-0.3, -0.25) is 9.59 Å². The Morgan fingerprint density at radius 3 is 2.24 bits per heavy atom. The number of esters is 1. The van der Waals surface area contributed by atoms with Crippen LogP contribution in [0.5, 0.6) is 5.75 Å². The predicted octanol–water partition coefficient (Wildman–Crippen LogP) is 4.39. The Bertz CT molecular complexity index is 1080. The predicted molar refractivity (Wildman–Crippen MR) is 122 cm³/mol. The molecule has 1 amide bonds. The summed E-state index contributed by atoms with van der Waals surface area (Å²) < 4.78 is 16.3. The van der Waals surface area contributed by atoms with Crippen LogP contribution in [0.1, 0.15) is 51.3 Å². The van der Waals surface area contributed by atoms with Crippen molar-refractivity contribution in [3.8, 4) is 5.75 Å². The zero-order chi connectivity index (χ0) is 23.2. The number of hydrogen-bond acceptors (Lipinski definition) is 6. The van der Waals surface area contributed by atoms with E-state index in [1.165, 1.54) is 0 Å². The highest BCUT2D eigenvalue weighted by Gasteiger charge is 2.19. The fraction of sp³-hybridized carbons (Fsp3) is 0.346. The van der Waals surface area contributed by atoms with Crippen LogP contribution in [0.15, 0.2) is 53.1 Å². The molecule has 2 aromatic carbocycles. The molecule has 0 saturated carbocycles. The lowest BCUT2D eigenvalue weighted by Crippen LogP contribution is -2.27. The average Bonchev–Trinajstić information content (AvgIpc) is 3.48. The number of carbonyl (C=O) groups excluding carboxylic acids is 2. The molecule has 0 aliphatic carbocycles. The Morgan fingerprint density at radius 1 is 0.939 bits per heavy atom. The highest BCUT2D eigenvalue weighted by molar-refractivity contribution is 5.94. The van der Waals surface area contributed by atoms with Gasteiger partial charge in [0.2, 0.25) is 0 Å². The van der Waals surface area contributed by atoms with Crippen LogP contribution < -0.4 is 4.74 Å². The number of nitrogens with zero attached hydrogens (tertiary/aromatic N) is 2. The minimum absolute atomic E-state index is 0.0650. The number of likely N-dealkylation sites (tertiary alicyclic amines) is 1. The van der Waals surface area contributed by atoms with Gasteiger partial charge < -0.3 is 18.9 Å². The van der Waals surface area contributed by atoms with Gasteiger partial charge >= 0.3 is 5.97 Å². The SMILES string of the molecule is Cc1noc(C)c1COc1ccc(CC(=O)OCc2ccc(C(=O)N3CCCC3)cc2)cc1. The largest absolute Gasteiger partial charge is 0.489 e. The van der Waals surface area contributed by atoms with Gasteiger partial charge in [-0.1, -0.05) is 29.4 Å². The first-order valence-corrected chi connectivity index (χ1v) is 11.2. The van der Waals surface area contributed by atoms with Gasteiger partial charge in [-0.2, -0.15) is 0 Å². The first-order valence-electron chi connectivity index (χ1n) is 11.2. The second-order valence-corrected chi connectivity index (χ2v) is 8.27. The summed E-state index contributed by atoms with van der Waals surface area (Å²) in [6.45, 7) is 5.95. The summed E-state index contributed by atoms with van der Waals surface area (Å²) >= 11 is 0. The van der Waals surface area contributed by atoms with Crippen molar-refractivity contribution in [1.82, 2.24) is 10.1 Å². The molecule has 1 saturated heterocycles. The van der Waals surface area contributed by atoms with Gasteiger partial charge in [0.1, 0.15) is 24.7 Å². The van der Waals surface area contributed by atoms with E-state index in [4.69, 9.17) is 14.0 Å². The molecule has 172 valence electrons. The first-order chi connectivity index (χ1) is 16.0. The van der Waals surface area contributed by atoms with Crippen LogP contribution in [-0.4, -0.2) is 35.0 Å². The molecule has 3 aromatic rings. The third-order valence-electron chi connectivity index (χ3n) is 5.83. The lowest BCUT2D eigenvalue weighted by Gasteiger charge is -2.15. The topological polar surface area (TPSA) is 81.9 Å². The molecule has 2 heterocycles. The second-order valence-electron chi connectivity index (χ2n) is 8.27. The standard InChI is InChI=1S/C26H28N2O5/c1-18-24(19(2)33-27-18)17-31-23-11-7-20(8-12-23)15-25(29)32-16-21-5-9-22(10-6-21)26(30)28-13-3-4-14-28/h5-12H,3-4,13-17H2,1-2H3. The highest BCUT2D eigenvalue weighted by Crippen LogP contribution is 2.19. The molecule has 7 heteroatoms. The molecule has 0 N–H and O–H groups in total. The maximum Gasteiger partial charge on any atom is 0.310 e. The number of aryl methyl sites for hydroxylation is 2. The van der Waals surface area contributed by atoms with Crippen molar-refractivity contribution >= 4 is 11.9 Å². The lowest BCUT2D eigenvalue weighted by atomic mass is 10.1. The Balaban J connectivity index is 1.23. The van der Waals surface area contributed by atoms with Crippen molar-refractivity contribution in [2.75, 3.05) is 13.1 Å². The van der Waals surface area contributed by atoms with Crippen LogP contribution in [-0.2, 0) is 29.2 Å². The van der Waals surface area contributed by atoms with Crippen LogP contribution in [0.25, 0.3) is 0 Å². The monoisotopic (exact) mass is 448 g/mol. The quantitative estimate of drug-likeness (QED) is 0.475. The molecule has 7 nitrogen and oxygen atoms in total. The van der Waals surface area contributed by atoms with Crippen molar-refractivity contribution in [2.45, 2.75) is 46.3 Å². The Kier molecular flexibility index (Phi) is 7.07. The Labute approximate surface area is 193 Å². The van der Waals surface area contributed by atoms with Gasteiger partial charge in [0.15, 0.2) is 0 Å². The molecule has 1 fully saturated rings. The Hall–Kier alpha value is -3.61. The lowest BCUT2D eigenvalue weighted by molar-refractivity contribution is -0.144. The maximum atomic E-state index is 12.4. The van der Waals surface area contributed by atoms with Crippen molar-refractivity contribution < 1.29 is 23.6 Å². The van der Waals surface area contributed by atoms with Gasteiger partial charge in [0.05, 0.1) is 17.7 Å². The summed E-state index contributed by atoms with van der Waals surface area (Å²) in [5.41, 5.74) is 4.13. The van der Waals surface area contributed by atoms with E-state index >= 15 is 0 Å². The van der Waals surface area contributed by atoms with Gasteiger partial charge in [0.25, 0.3) is 5.91 Å². The van der Waals surface area contributed by atoms with Gasteiger partial charge in [-0.25, -0.2) is 0 Å². The number of carbonyl (C=O) groups is 2. The third-order valence-corrected chi connectivity index (χ3v) is 5.83. The van der Waals surface area contributed by atoms with Crippen molar-refractivity contribution in [1.29, 1.82) is 0 Å². The van der Waals surface area contributed by atoms with Crippen LogP contribution in [0.3, 0.4) is 0 Å².